The minimum absolute atomic E-state index is 0.491. The van der Waals surface area contributed by atoms with Crippen molar-refractivity contribution in [2.45, 2.75) is 13.3 Å². The molecule has 0 aliphatic rings. The van der Waals surface area contributed by atoms with E-state index in [0.717, 1.165) is 24.3 Å². The Hall–Kier alpha value is -2.01. The van der Waals surface area contributed by atoms with Crippen LogP contribution in [-0.2, 0) is 0 Å². The van der Waals surface area contributed by atoms with Crippen LogP contribution < -0.4 is 15.5 Å². The third kappa shape index (κ3) is 3.98. The topological polar surface area (TPSA) is 53.1 Å². The van der Waals surface area contributed by atoms with Crippen molar-refractivity contribution < 1.29 is 0 Å². The molecule has 0 aliphatic heterocycles. The van der Waals surface area contributed by atoms with E-state index in [1.165, 1.54) is 0 Å². The summed E-state index contributed by atoms with van der Waals surface area (Å²) in [7, 11) is 3.99. The molecule has 0 unspecified atom stereocenters. The number of anilines is 4. The van der Waals surface area contributed by atoms with Crippen LogP contribution in [0.2, 0.25) is 5.02 Å². The SMILES string of the molecule is CCCNc1ncc(Cl)c(Nc2ccccc2N(C)C)n1. The maximum absolute atomic E-state index is 6.18. The van der Waals surface area contributed by atoms with Crippen LogP contribution in [0.1, 0.15) is 13.3 Å². The molecule has 0 saturated carbocycles. The van der Waals surface area contributed by atoms with Gasteiger partial charge in [-0.3, -0.25) is 0 Å². The standard InChI is InChI=1S/C15H20ClN5/c1-4-9-17-15-18-10-11(16)14(20-15)19-12-7-5-6-8-13(12)21(2)3/h5-8,10H,4,9H2,1-3H3,(H2,17,18,19,20). The number of nitrogens with one attached hydrogen (secondary N) is 2. The van der Waals surface area contributed by atoms with Gasteiger partial charge in [0.1, 0.15) is 5.02 Å². The highest BCUT2D eigenvalue weighted by Crippen LogP contribution is 2.29. The Morgan fingerprint density at radius 3 is 2.71 bits per heavy atom. The van der Waals surface area contributed by atoms with E-state index in [1.54, 1.807) is 6.20 Å². The lowest BCUT2D eigenvalue weighted by Gasteiger charge is -2.18. The molecule has 0 spiro atoms. The zero-order chi connectivity index (χ0) is 15.2. The van der Waals surface area contributed by atoms with Crippen molar-refractivity contribution in [2.24, 2.45) is 0 Å². The van der Waals surface area contributed by atoms with E-state index >= 15 is 0 Å². The Kier molecular flexibility index (Phi) is 5.22. The first kappa shape index (κ1) is 15.4. The number of hydrogen-bond acceptors (Lipinski definition) is 5. The van der Waals surface area contributed by atoms with E-state index in [4.69, 9.17) is 11.6 Å². The van der Waals surface area contributed by atoms with Crippen LogP contribution in [0.3, 0.4) is 0 Å². The van der Waals surface area contributed by atoms with Gasteiger partial charge < -0.3 is 15.5 Å². The third-order valence-electron chi connectivity index (χ3n) is 2.92. The van der Waals surface area contributed by atoms with Gasteiger partial charge in [0, 0.05) is 20.6 Å². The van der Waals surface area contributed by atoms with Gasteiger partial charge in [-0.15, -0.1) is 0 Å². The van der Waals surface area contributed by atoms with Crippen molar-refractivity contribution >= 4 is 34.7 Å². The Balaban J connectivity index is 2.26. The van der Waals surface area contributed by atoms with Crippen molar-refractivity contribution in [3.05, 3.63) is 35.5 Å². The van der Waals surface area contributed by atoms with Crippen molar-refractivity contribution in [3.8, 4) is 0 Å². The summed E-state index contributed by atoms with van der Waals surface area (Å²) in [6, 6.07) is 8.00. The molecule has 2 aromatic rings. The number of benzene rings is 1. The van der Waals surface area contributed by atoms with Crippen molar-refractivity contribution in [1.29, 1.82) is 0 Å². The normalized spacial score (nSPS) is 10.3. The summed E-state index contributed by atoms with van der Waals surface area (Å²) < 4.78 is 0. The fourth-order valence-electron chi connectivity index (χ4n) is 1.87. The quantitative estimate of drug-likeness (QED) is 0.851. The second-order valence-corrected chi connectivity index (χ2v) is 5.26. The summed E-state index contributed by atoms with van der Waals surface area (Å²) in [5.41, 5.74) is 2.01. The van der Waals surface area contributed by atoms with E-state index < -0.39 is 0 Å². The van der Waals surface area contributed by atoms with Gasteiger partial charge >= 0.3 is 0 Å². The average Bonchev–Trinajstić information content (AvgIpc) is 2.48. The minimum Gasteiger partial charge on any atom is -0.376 e. The Bertz CT molecular complexity index is 600. The lowest BCUT2D eigenvalue weighted by Crippen LogP contribution is -2.11. The highest BCUT2D eigenvalue weighted by atomic mass is 35.5. The molecular weight excluding hydrogens is 286 g/mol. The predicted octanol–water partition coefficient (Wildman–Crippen LogP) is 3.76. The lowest BCUT2D eigenvalue weighted by atomic mass is 10.2. The fraction of sp³-hybridized carbons (Fsp3) is 0.333. The van der Waals surface area contributed by atoms with Crippen molar-refractivity contribution in [3.63, 3.8) is 0 Å². The zero-order valence-corrected chi connectivity index (χ0v) is 13.3. The largest absolute Gasteiger partial charge is 0.376 e. The number of hydrogen-bond donors (Lipinski definition) is 2. The second-order valence-electron chi connectivity index (χ2n) is 4.85. The van der Waals surface area contributed by atoms with E-state index in [2.05, 4.69) is 27.5 Å². The molecular formula is C15H20ClN5. The number of nitrogens with zero attached hydrogens (tertiary/aromatic N) is 3. The molecule has 2 N–H and O–H groups in total. The lowest BCUT2D eigenvalue weighted by molar-refractivity contribution is 0.953. The van der Waals surface area contributed by atoms with Gasteiger partial charge in [0.2, 0.25) is 5.95 Å². The Morgan fingerprint density at radius 2 is 2.00 bits per heavy atom. The minimum atomic E-state index is 0.491. The maximum atomic E-state index is 6.18. The number of rotatable bonds is 6. The first-order chi connectivity index (χ1) is 10.1. The molecule has 0 atom stereocenters. The second kappa shape index (κ2) is 7.13. The number of para-hydroxylation sites is 2. The molecule has 0 bridgehead atoms. The zero-order valence-electron chi connectivity index (χ0n) is 12.5. The van der Waals surface area contributed by atoms with Gasteiger partial charge in [0.15, 0.2) is 5.82 Å². The van der Waals surface area contributed by atoms with Crippen molar-refractivity contribution in [1.82, 2.24) is 9.97 Å². The van der Waals surface area contributed by atoms with Crippen LogP contribution in [0, 0.1) is 0 Å². The molecule has 2 rings (SSSR count). The van der Waals surface area contributed by atoms with E-state index in [-0.39, 0.29) is 0 Å². The van der Waals surface area contributed by atoms with Gasteiger partial charge in [-0.1, -0.05) is 30.7 Å². The molecule has 0 radical (unpaired) electrons. The summed E-state index contributed by atoms with van der Waals surface area (Å²) in [6.07, 6.45) is 2.62. The third-order valence-corrected chi connectivity index (χ3v) is 3.19. The molecule has 0 fully saturated rings. The highest BCUT2D eigenvalue weighted by molar-refractivity contribution is 6.33. The molecule has 112 valence electrons. The predicted molar refractivity (Wildman–Crippen MR) is 89.9 cm³/mol. The van der Waals surface area contributed by atoms with Crippen LogP contribution in [0.15, 0.2) is 30.5 Å². The molecule has 1 heterocycles. The van der Waals surface area contributed by atoms with Gasteiger partial charge in [-0.2, -0.15) is 4.98 Å². The van der Waals surface area contributed by atoms with Crippen molar-refractivity contribution in [2.75, 3.05) is 36.2 Å². The fourth-order valence-corrected chi connectivity index (χ4v) is 2.01. The summed E-state index contributed by atoms with van der Waals surface area (Å²) in [4.78, 5) is 10.6. The smallest absolute Gasteiger partial charge is 0.224 e. The molecule has 1 aromatic carbocycles. The summed E-state index contributed by atoms with van der Waals surface area (Å²) in [5, 5.41) is 6.92. The molecule has 6 heteroatoms. The molecule has 5 nitrogen and oxygen atoms in total. The Morgan fingerprint density at radius 1 is 1.24 bits per heavy atom. The first-order valence-corrected chi connectivity index (χ1v) is 7.29. The van der Waals surface area contributed by atoms with E-state index in [9.17, 15) is 0 Å². The monoisotopic (exact) mass is 305 g/mol. The van der Waals surface area contributed by atoms with Crippen LogP contribution in [0.25, 0.3) is 0 Å². The van der Waals surface area contributed by atoms with Gasteiger partial charge in [-0.25, -0.2) is 4.98 Å². The van der Waals surface area contributed by atoms with Crippen LogP contribution in [-0.4, -0.2) is 30.6 Å². The summed E-state index contributed by atoms with van der Waals surface area (Å²) >= 11 is 6.18. The van der Waals surface area contributed by atoms with Crippen LogP contribution in [0.4, 0.5) is 23.1 Å². The van der Waals surface area contributed by atoms with E-state index in [0.29, 0.717) is 16.8 Å². The average molecular weight is 306 g/mol. The summed E-state index contributed by atoms with van der Waals surface area (Å²) in [6.45, 7) is 2.92. The maximum Gasteiger partial charge on any atom is 0.224 e. The van der Waals surface area contributed by atoms with Gasteiger partial charge in [0.25, 0.3) is 0 Å². The van der Waals surface area contributed by atoms with Gasteiger partial charge in [0.05, 0.1) is 17.6 Å². The first-order valence-electron chi connectivity index (χ1n) is 6.91. The van der Waals surface area contributed by atoms with E-state index in [1.807, 2.05) is 43.3 Å². The highest BCUT2D eigenvalue weighted by Gasteiger charge is 2.09. The number of halogens is 1. The number of aromatic nitrogens is 2. The Labute approximate surface area is 130 Å². The summed E-state index contributed by atoms with van der Waals surface area (Å²) in [5.74, 6) is 1.17. The van der Waals surface area contributed by atoms with Crippen LogP contribution in [0.5, 0.6) is 0 Å². The molecule has 21 heavy (non-hydrogen) atoms. The molecule has 0 amide bonds. The van der Waals surface area contributed by atoms with Gasteiger partial charge in [-0.05, 0) is 18.6 Å². The molecule has 1 aromatic heterocycles. The van der Waals surface area contributed by atoms with Crippen LogP contribution >= 0.6 is 11.6 Å². The molecule has 0 aliphatic carbocycles. The molecule has 0 saturated heterocycles.